The highest BCUT2D eigenvalue weighted by Crippen LogP contribution is 2.15. The van der Waals surface area contributed by atoms with E-state index in [2.05, 4.69) is 39.2 Å². The largest absolute Gasteiger partial charge is 0.342 e. The van der Waals surface area contributed by atoms with Crippen LogP contribution in [-0.4, -0.2) is 15.0 Å². The van der Waals surface area contributed by atoms with E-state index in [9.17, 15) is 0 Å². The van der Waals surface area contributed by atoms with Gasteiger partial charge in [-0.05, 0) is 49.1 Å². The number of aryl methyl sites for hydroxylation is 3. The number of nitrogens with zero attached hydrogens (tertiary/aromatic N) is 2. The Kier molecular flexibility index (Phi) is 2.81. The van der Waals surface area contributed by atoms with Crippen molar-refractivity contribution in [1.82, 2.24) is 15.0 Å². The average Bonchev–Trinajstić information content (AvgIpc) is 2.77. The van der Waals surface area contributed by atoms with E-state index in [1.54, 1.807) is 0 Å². The molecule has 1 aromatic carbocycles. The summed E-state index contributed by atoms with van der Waals surface area (Å²) < 4.78 is 0. The van der Waals surface area contributed by atoms with Crippen molar-refractivity contribution in [3.8, 4) is 0 Å². The third-order valence-corrected chi connectivity index (χ3v) is 3.09. The molecular weight excluding hydrogens is 222 g/mol. The van der Waals surface area contributed by atoms with Gasteiger partial charge in [-0.3, -0.25) is 4.98 Å². The van der Waals surface area contributed by atoms with Gasteiger partial charge in [-0.15, -0.1) is 0 Å². The minimum Gasteiger partial charge on any atom is -0.342 e. The second kappa shape index (κ2) is 4.61. The Morgan fingerprint density at radius 3 is 2.83 bits per heavy atom. The number of rotatable bonds is 3. The number of H-pyrrole nitrogens is 1. The lowest BCUT2D eigenvalue weighted by Crippen LogP contribution is -1.91. The molecule has 0 aliphatic rings. The number of nitrogens with one attached hydrogen (secondary N) is 1. The lowest BCUT2D eigenvalue weighted by Gasteiger charge is -2.01. The van der Waals surface area contributed by atoms with Crippen molar-refractivity contribution in [2.45, 2.75) is 19.8 Å². The first-order valence-electron chi connectivity index (χ1n) is 6.15. The third kappa shape index (κ3) is 2.25. The number of hydrogen-bond acceptors (Lipinski definition) is 2. The Morgan fingerprint density at radius 1 is 1.11 bits per heavy atom. The average molecular weight is 237 g/mol. The van der Waals surface area contributed by atoms with Crippen LogP contribution >= 0.6 is 0 Å². The second-order valence-corrected chi connectivity index (χ2v) is 4.53. The molecule has 0 amide bonds. The SMILES string of the molecule is Cc1nc2ccc(CCc3cccnc3)cc2[nH]1. The van der Waals surface area contributed by atoms with Gasteiger partial charge in [0.05, 0.1) is 11.0 Å². The molecule has 1 N–H and O–H groups in total. The minimum atomic E-state index is 0.967. The fourth-order valence-corrected chi connectivity index (χ4v) is 2.17. The first-order chi connectivity index (χ1) is 8.81. The topological polar surface area (TPSA) is 41.6 Å². The predicted molar refractivity (Wildman–Crippen MR) is 72.5 cm³/mol. The van der Waals surface area contributed by atoms with E-state index in [4.69, 9.17) is 0 Å². The van der Waals surface area contributed by atoms with Gasteiger partial charge in [-0.1, -0.05) is 12.1 Å². The highest BCUT2D eigenvalue weighted by atomic mass is 14.9. The number of aromatic nitrogens is 3. The molecule has 0 fully saturated rings. The van der Waals surface area contributed by atoms with Gasteiger partial charge in [0, 0.05) is 12.4 Å². The van der Waals surface area contributed by atoms with E-state index in [0.29, 0.717) is 0 Å². The van der Waals surface area contributed by atoms with Crippen LogP contribution in [0.5, 0.6) is 0 Å². The summed E-state index contributed by atoms with van der Waals surface area (Å²) in [5, 5.41) is 0. The van der Waals surface area contributed by atoms with Crippen LogP contribution in [0.15, 0.2) is 42.7 Å². The number of pyridine rings is 1. The van der Waals surface area contributed by atoms with Crippen molar-refractivity contribution in [1.29, 1.82) is 0 Å². The van der Waals surface area contributed by atoms with Gasteiger partial charge < -0.3 is 4.98 Å². The molecule has 0 unspecified atom stereocenters. The zero-order chi connectivity index (χ0) is 12.4. The van der Waals surface area contributed by atoms with Crippen LogP contribution in [0.25, 0.3) is 11.0 Å². The van der Waals surface area contributed by atoms with Crippen LogP contribution in [0.4, 0.5) is 0 Å². The van der Waals surface area contributed by atoms with Crippen LogP contribution in [0.3, 0.4) is 0 Å². The number of imidazole rings is 1. The Bertz CT molecular complexity index is 656. The van der Waals surface area contributed by atoms with Gasteiger partial charge in [-0.25, -0.2) is 4.98 Å². The molecule has 0 saturated heterocycles. The number of hydrogen-bond donors (Lipinski definition) is 1. The lowest BCUT2D eigenvalue weighted by molar-refractivity contribution is 0.951. The Balaban J connectivity index is 1.78. The van der Waals surface area contributed by atoms with Crippen molar-refractivity contribution in [2.75, 3.05) is 0 Å². The third-order valence-electron chi connectivity index (χ3n) is 3.09. The molecule has 3 heteroatoms. The predicted octanol–water partition coefficient (Wildman–Crippen LogP) is 3.05. The van der Waals surface area contributed by atoms with Crippen LogP contribution in [0.2, 0.25) is 0 Å². The maximum absolute atomic E-state index is 4.41. The van der Waals surface area contributed by atoms with Crippen LogP contribution < -0.4 is 0 Å². The molecule has 3 rings (SSSR count). The number of aromatic amines is 1. The standard InChI is InChI=1S/C15H15N3/c1-11-17-14-7-6-12(9-15(14)18-11)4-5-13-3-2-8-16-10-13/h2-3,6-10H,4-5H2,1H3,(H,17,18). The second-order valence-electron chi connectivity index (χ2n) is 4.53. The molecule has 2 aromatic heterocycles. The van der Waals surface area contributed by atoms with E-state index in [1.807, 2.05) is 25.4 Å². The van der Waals surface area contributed by atoms with Crippen LogP contribution in [0, 0.1) is 6.92 Å². The zero-order valence-corrected chi connectivity index (χ0v) is 10.4. The summed E-state index contributed by atoms with van der Waals surface area (Å²) in [5.74, 6) is 0.967. The van der Waals surface area contributed by atoms with Gasteiger partial charge in [0.15, 0.2) is 0 Å². The lowest BCUT2D eigenvalue weighted by atomic mass is 10.1. The molecule has 0 radical (unpaired) electrons. The van der Waals surface area contributed by atoms with Crippen molar-refractivity contribution in [3.63, 3.8) is 0 Å². The van der Waals surface area contributed by atoms with Crippen molar-refractivity contribution in [2.24, 2.45) is 0 Å². The summed E-state index contributed by atoms with van der Waals surface area (Å²) in [4.78, 5) is 11.8. The Labute approximate surface area is 106 Å². The molecule has 0 atom stereocenters. The summed E-state index contributed by atoms with van der Waals surface area (Å²) in [7, 11) is 0. The van der Waals surface area contributed by atoms with Gasteiger partial charge in [0.25, 0.3) is 0 Å². The molecule has 0 saturated carbocycles. The summed E-state index contributed by atoms with van der Waals surface area (Å²) >= 11 is 0. The maximum Gasteiger partial charge on any atom is 0.104 e. The molecule has 3 nitrogen and oxygen atoms in total. The molecule has 0 aliphatic heterocycles. The van der Waals surface area contributed by atoms with E-state index in [-0.39, 0.29) is 0 Å². The van der Waals surface area contributed by atoms with Gasteiger partial charge in [0.2, 0.25) is 0 Å². The highest BCUT2D eigenvalue weighted by molar-refractivity contribution is 5.75. The smallest absolute Gasteiger partial charge is 0.104 e. The molecule has 0 spiro atoms. The van der Waals surface area contributed by atoms with Gasteiger partial charge in [-0.2, -0.15) is 0 Å². The van der Waals surface area contributed by atoms with E-state index < -0.39 is 0 Å². The summed E-state index contributed by atoms with van der Waals surface area (Å²) in [6.45, 7) is 1.98. The van der Waals surface area contributed by atoms with Crippen molar-refractivity contribution < 1.29 is 0 Å². The molecule has 18 heavy (non-hydrogen) atoms. The normalized spacial score (nSPS) is 10.9. The quantitative estimate of drug-likeness (QED) is 0.760. The molecular formula is C15H15N3. The molecule has 90 valence electrons. The monoisotopic (exact) mass is 237 g/mol. The number of benzene rings is 1. The summed E-state index contributed by atoms with van der Waals surface area (Å²) in [6, 6.07) is 10.5. The van der Waals surface area contributed by atoms with Gasteiger partial charge in [0.1, 0.15) is 5.82 Å². The fourth-order valence-electron chi connectivity index (χ4n) is 2.17. The van der Waals surface area contributed by atoms with Gasteiger partial charge >= 0.3 is 0 Å². The van der Waals surface area contributed by atoms with E-state index in [0.717, 1.165) is 29.7 Å². The van der Waals surface area contributed by atoms with Crippen molar-refractivity contribution in [3.05, 3.63) is 59.7 Å². The molecule has 3 aromatic rings. The van der Waals surface area contributed by atoms with Crippen LogP contribution in [-0.2, 0) is 12.8 Å². The maximum atomic E-state index is 4.41. The first kappa shape index (κ1) is 11.0. The van der Waals surface area contributed by atoms with Crippen molar-refractivity contribution >= 4 is 11.0 Å². The fraction of sp³-hybridized carbons (Fsp3) is 0.200. The molecule has 0 bridgehead atoms. The van der Waals surface area contributed by atoms with Crippen LogP contribution in [0.1, 0.15) is 17.0 Å². The summed E-state index contributed by atoms with van der Waals surface area (Å²) in [5.41, 5.74) is 4.77. The molecule has 0 aliphatic carbocycles. The summed E-state index contributed by atoms with van der Waals surface area (Å²) in [6.07, 6.45) is 5.79. The zero-order valence-electron chi connectivity index (χ0n) is 10.4. The highest BCUT2D eigenvalue weighted by Gasteiger charge is 2.01. The Morgan fingerprint density at radius 2 is 2.00 bits per heavy atom. The van der Waals surface area contributed by atoms with E-state index >= 15 is 0 Å². The Hall–Kier alpha value is -2.16. The number of fused-ring (bicyclic) bond motifs is 1. The van der Waals surface area contributed by atoms with E-state index in [1.165, 1.54) is 11.1 Å². The first-order valence-corrected chi connectivity index (χ1v) is 6.15. The minimum absolute atomic E-state index is 0.967. The molecule has 2 heterocycles.